The third-order valence-corrected chi connectivity index (χ3v) is 3.01. The van der Waals surface area contributed by atoms with Gasteiger partial charge in [0.1, 0.15) is 5.78 Å². The van der Waals surface area contributed by atoms with E-state index in [0.717, 1.165) is 0 Å². The van der Waals surface area contributed by atoms with Gasteiger partial charge in [0.25, 0.3) is 5.79 Å². The molecule has 5 heteroatoms. The molecule has 1 aliphatic heterocycles. The van der Waals surface area contributed by atoms with Gasteiger partial charge in [-0.05, 0) is 18.8 Å². The van der Waals surface area contributed by atoms with Crippen molar-refractivity contribution in [2.75, 3.05) is 0 Å². The molecule has 102 valence electrons. The van der Waals surface area contributed by atoms with E-state index in [1.165, 1.54) is 20.8 Å². The maximum Gasteiger partial charge on any atom is 0.323 e. The molecule has 0 aromatic carbocycles. The van der Waals surface area contributed by atoms with Crippen molar-refractivity contribution in [3.05, 3.63) is 0 Å². The maximum absolute atomic E-state index is 11.9. The van der Waals surface area contributed by atoms with Crippen molar-refractivity contribution in [3.63, 3.8) is 0 Å². The monoisotopic (exact) mass is 256 g/mol. The van der Waals surface area contributed by atoms with E-state index >= 15 is 0 Å². The van der Waals surface area contributed by atoms with Crippen LogP contribution in [0.3, 0.4) is 0 Å². The largest absolute Gasteiger partial charge is 0.422 e. The van der Waals surface area contributed by atoms with Crippen LogP contribution in [0.2, 0.25) is 0 Å². The van der Waals surface area contributed by atoms with E-state index in [2.05, 4.69) is 0 Å². The van der Waals surface area contributed by atoms with Crippen molar-refractivity contribution in [2.45, 2.75) is 46.8 Å². The Balaban J connectivity index is 2.95. The van der Waals surface area contributed by atoms with Gasteiger partial charge in [0, 0.05) is 20.3 Å². The van der Waals surface area contributed by atoms with Crippen molar-refractivity contribution in [3.8, 4) is 0 Å². The van der Waals surface area contributed by atoms with Crippen LogP contribution in [0.4, 0.5) is 0 Å². The van der Waals surface area contributed by atoms with Crippen molar-refractivity contribution >= 4 is 17.7 Å². The Hall–Kier alpha value is -1.39. The highest BCUT2D eigenvalue weighted by atomic mass is 16.7. The third kappa shape index (κ3) is 3.31. The number of ketones is 1. The predicted octanol–water partition coefficient (Wildman–Crippen LogP) is 1.69. The summed E-state index contributed by atoms with van der Waals surface area (Å²) in [5.41, 5.74) is 0. The van der Waals surface area contributed by atoms with Gasteiger partial charge in [-0.2, -0.15) is 0 Å². The zero-order valence-corrected chi connectivity index (χ0v) is 11.5. The van der Waals surface area contributed by atoms with Crippen LogP contribution >= 0.6 is 0 Å². The fraction of sp³-hybridized carbons (Fsp3) is 0.769. The number of hydrogen-bond acceptors (Lipinski definition) is 5. The molecule has 1 saturated heterocycles. The van der Waals surface area contributed by atoms with E-state index < -0.39 is 23.6 Å². The second-order valence-electron chi connectivity index (χ2n) is 5.53. The number of hydrogen-bond donors (Lipinski definition) is 0. The van der Waals surface area contributed by atoms with Crippen LogP contribution in [0.5, 0.6) is 0 Å². The van der Waals surface area contributed by atoms with Crippen molar-refractivity contribution in [1.82, 2.24) is 0 Å². The number of esters is 2. The maximum atomic E-state index is 11.9. The number of rotatable bonds is 4. The zero-order valence-electron chi connectivity index (χ0n) is 11.5. The van der Waals surface area contributed by atoms with Crippen LogP contribution < -0.4 is 0 Å². The molecule has 1 fully saturated rings. The average molecular weight is 256 g/mol. The molecule has 0 aromatic rings. The van der Waals surface area contributed by atoms with Crippen molar-refractivity contribution < 1.29 is 23.9 Å². The Morgan fingerprint density at radius 1 is 1.22 bits per heavy atom. The molecule has 1 heterocycles. The Kier molecular flexibility index (Phi) is 4.14. The third-order valence-electron chi connectivity index (χ3n) is 3.01. The molecule has 1 unspecified atom stereocenters. The summed E-state index contributed by atoms with van der Waals surface area (Å²) in [5.74, 6) is -3.84. The standard InChI is InChI=1S/C13H20O5/c1-7(2)9(6-8(3)14)10-11(15)17-13(4,5)18-12(10)16/h7,9-10H,6H2,1-5H3. The minimum Gasteiger partial charge on any atom is -0.422 e. The molecular weight excluding hydrogens is 236 g/mol. The van der Waals surface area contributed by atoms with Crippen molar-refractivity contribution in [1.29, 1.82) is 0 Å². The SMILES string of the molecule is CC(=O)CC(C(C)C)C1C(=O)OC(C)(C)OC1=O. The van der Waals surface area contributed by atoms with E-state index in [-0.39, 0.29) is 24.0 Å². The number of ether oxygens (including phenoxy) is 2. The number of Topliss-reactive ketones (excluding diaryl/α,β-unsaturated/α-hetero) is 1. The second kappa shape index (κ2) is 5.08. The van der Waals surface area contributed by atoms with Crippen LogP contribution in [0.1, 0.15) is 41.0 Å². The zero-order chi connectivity index (χ0) is 14.1. The molecule has 5 nitrogen and oxygen atoms in total. The molecule has 1 aliphatic rings. The lowest BCUT2D eigenvalue weighted by Gasteiger charge is -2.36. The van der Waals surface area contributed by atoms with Gasteiger partial charge in [0.15, 0.2) is 5.92 Å². The number of carbonyl (C=O) groups excluding carboxylic acids is 3. The Morgan fingerprint density at radius 3 is 2.00 bits per heavy atom. The Bertz CT molecular complexity index is 350. The van der Waals surface area contributed by atoms with Gasteiger partial charge in [0.05, 0.1) is 0 Å². The Morgan fingerprint density at radius 2 is 1.67 bits per heavy atom. The first-order valence-electron chi connectivity index (χ1n) is 6.09. The highest BCUT2D eigenvalue weighted by Crippen LogP contribution is 2.33. The van der Waals surface area contributed by atoms with E-state index in [9.17, 15) is 14.4 Å². The molecule has 1 rings (SSSR count). The van der Waals surface area contributed by atoms with Gasteiger partial charge < -0.3 is 14.3 Å². The number of carbonyl (C=O) groups is 3. The number of cyclic esters (lactones) is 2. The summed E-state index contributed by atoms with van der Waals surface area (Å²) in [6.45, 7) is 8.20. The van der Waals surface area contributed by atoms with Crippen LogP contribution in [-0.4, -0.2) is 23.5 Å². The van der Waals surface area contributed by atoms with E-state index in [0.29, 0.717) is 0 Å². The molecule has 0 N–H and O–H groups in total. The van der Waals surface area contributed by atoms with Crippen LogP contribution in [-0.2, 0) is 23.9 Å². The molecule has 0 saturated carbocycles. The summed E-state index contributed by atoms with van der Waals surface area (Å²) in [5, 5.41) is 0. The summed E-state index contributed by atoms with van der Waals surface area (Å²) in [6, 6.07) is 0. The summed E-state index contributed by atoms with van der Waals surface area (Å²) in [6.07, 6.45) is 0.174. The lowest BCUT2D eigenvalue weighted by Crippen LogP contribution is -2.49. The first-order chi connectivity index (χ1) is 8.14. The minimum absolute atomic E-state index is 0.0141. The molecule has 1 atom stereocenters. The van der Waals surface area contributed by atoms with Gasteiger partial charge in [-0.1, -0.05) is 13.8 Å². The Labute approximate surface area is 107 Å². The summed E-state index contributed by atoms with van der Waals surface area (Å²) in [7, 11) is 0. The smallest absolute Gasteiger partial charge is 0.323 e. The van der Waals surface area contributed by atoms with E-state index in [1.54, 1.807) is 0 Å². The molecular formula is C13H20O5. The van der Waals surface area contributed by atoms with Crippen LogP contribution in [0.15, 0.2) is 0 Å². The average Bonchev–Trinajstić information content (AvgIpc) is 2.11. The topological polar surface area (TPSA) is 69.7 Å². The lowest BCUT2D eigenvalue weighted by atomic mass is 9.79. The predicted molar refractivity (Wildman–Crippen MR) is 63.4 cm³/mol. The summed E-state index contributed by atoms with van der Waals surface area (Å²) in [4.78, 5) is 35.1. The van der Waals surface area contributed by atoms with Gasteiger partial charge in [-0.3, -0.25) is 9.59 Å². The fourth-order valence-corrected chi connectivity index (χ4v) is 2.15. The molecule has 0 radical (unpaired) electrons. The lowest BCUT2D eigenvalue weighted by molar-refractivity contribution is -0.243. The highest BCUT2D eigenvalue weighted by molar-refractivity contribution is 5.97. The summed E-state index contributed by atoms with van der Waals surface area (Å²) >= 11 is 0. The highest BCUT2D eigenvalue weighted by Gasteiger charge is 2.47. The molecule has 0 amide bonds. The normalized spacial score (nSPS) is 21.4. The van der Waals surface area contributed by atoms with Crippen LogP contribution in [0, 0.1) is 17.8 Å². The summed E-state index contributed by atoms with van der Waals surface area (Å²) < 4.78 is 10.2. The first-order valence-corrected chi connectivity index (χ1v) is 6.09. The molecule has 0 bridgehead atoms. The van der Waals surface area contributed by atoms with Gasteiger partial charge >= 0.3 is 11.9 Å². The fourth-order valence-electron chi connectivity index (χ4n) is 2.15. The molecule has 0 aliphatic carbocycles. The van der Waals surface area contributed by atoms with Gasteiger partial charge in [0.2, 0.25) is 0 Å². The van der Waals surface area contributed by atoms with Gasteiger partial charge in [-0.25, -0.2) is 0 Å². The molecule has 0 spiro atoms. The van der Waals surface area contributed by atoms with Crippen LogP contribution in [0.25, 0.3) is 0 Å². The second-order valence-corrected chi connectivity index (χ2v) is 5.53. The molecule has 18 heavy (non-hydrogen) atoms. The van der Waals surface area contributed by atoms with Gasteiger partial charge in [-0.15, -0.1) is 0 Å². The molecule has 0 aromatic heterocycles. The minimum atomic E-state index is -1.22. The first kappa shape index (κ1) is 14.7. The van der Waals surface area contributed by atoms with Crippen molar-refractivity contribution in [2.24, 2.45) is 17.8 Å². The van der Waals surface area contributed by atoms with E-state index in [1.807, 2.05) is 13.8 Å². The quantitative estimate of drug-likeness (QED) is 0.565. The van der Waals surface area contributed by atoms with E-state index in [4.69, 9.17) is 9.47 Å².